The second-order valence-electron chi connectivity index (χ2n) is 7.14. The minimum atomic E-state index is -0.232. The van der Waals surface area contributed by atoms with Crippen LogP contribution >= 0.6 is 0 Å². The highest BCUT2D eigenvalue weighted by molar-refractivity contribution is 5.89. The van der Waals surface area contributed by atoms with E-state index in [1.807, 2.05) is 24.4 Å². The third-order valence-electron chi connectivity index (χ3n) is 4.53. The molecule has 1 amide bonds. The first-order valence-corrected chi connectivity index (χ1v) is 9.11. The van der Waals surface area contributed by atoms with Gasteiger partial charge in [0.1, 0.15) is 5.82 Å². The zero-order chi connectivity index (χ0) is 18.5. The molecule has 1 N–H and O–H groups in total. The summed E-state index contributed by atoms with van der Waals surface area (Å²) < 4.78 is 15.3. The molecule has 0 saturated heterocycles. The fourth-order valence-electron chi connectivity index (χ4n) is 3.12. The molecule has 136 valence electrons. The lowest BCUT2D eigenvalue weighted by atomic mass is 10.1. The summed E-state index contributed by atoms with van der Waals surface area (Å²) in [5, 5.41) is 4.09. The number of hydrogen-bond acceptors (Lipinski definition) is 1. The van der Waals surface area contributed by atoms with E-state index >= 15 is 0 Å². The van der Waals surface area contributed by atoms with Crippen molar-refractivity contribution in [1.29, 1.82) is 0 Å². The van der Waals surface area contributed by atoms with Gasteiger partial charge in [-0.2, -0.15) is 0 Å². The van der Waals surface area contributed by atoms with E-state index in [9.17, 15) is 9.18 Å². The van der Waals surface area contributed by atoms with Crippen molar-refractivity contribution in [3.05, 3.63) is 71.7 Å². The van der Waals surface area contributed by atoms with Gasteiger partial charge in [-0.1, -0.05) is 44.2 Å². The normalized spacial score (nSPS) is 11.2. The van der Waals surface area contributed by atoms with Crippen molar-refractivity contribution in [1.82, 2.24) is 9.88 Å². The second-order valence-corrected chi connectivity index (χ2v) is 7.14. The topological polar surface area (TPSA) is 34.0 Å². The van der Waals surface area contributed by atoms with Gasteiger partial charge in [0.25, 0.3) is 0 Å². The number of nitrogens with one attached hydrogen (secondary N) is 1. The molecule has 0 aliphatic rings. The molecule has 26 heavy (non-hydrogen) atoms. The molecule has 0 atom stereocenters. The van der Waals surface area contributed by atoms with Gasteiger partial charge in [-0.3, -0.25) is 4.79 Å². The summed E-state index contributed by atoms with van der Waals surface area (Å²) in [6.45, 7) is 5.66. The number of amides is 1. The lowest BCUT2D eigenvalue weighted by Gasteiger charge is -2.06. The Morgan fingerprint density at radius 2 is 1.85 bits per heavy atom. The lowest BCUT2D eigenvalue weighted by molar-refractivity contribution is -0.120. The van der Waals surface area contributed by atoms with Crippen molar-refractivity contribution in [3.63, 3.8) is 0 Å². The molecular formula is C22H25FN2O. The second kappa shape index (κ2) is 8.17. The van der Waals surface area contributed by atoms with Crippen LogP contribution in [0.25, 0.3) is 10.9 Å². The Balaban J connectivity index is 1.78. The Morgan fingerprint density at radius 1 is 1.12 bits per heavy atom. The molecule has 0 saturated carbocycles. The number of benzene rings is 2. The Kier molecular flexibility index (Phi) is 5.71. The van der Waals surface area contributed by atoms with Crippen LogP contribution in [0.1, 0.15) is 31.4 Å². The third-order valence-corrected chi connectivity index (χ3v) is 4.53. The average Bonchev–Trinajstić information content (AvgIpc) is 2.94. The summed E-state index contributed by atoms with van der Waals surface area (Å²) in [5.41, 5.74) is 3.13. The lowest BCUT2D eigenvalue weighted by Crippen LogP contribution is -2.26. The zero-order valence-corrected chi connectivity index (χ0v) is 15.3. The van der Waals surface area contributed by atoms with E-state index in [1.165, 1.54) is 12.1 Å². The van der Waals surface area contributed by atoms with Crippen molar-refractivity contribution < 1.29 is 9.18 Å². The van der Waals surface area contributed by atoms with Gasteiger partial charge in [0.05, 0.1) is 6.42 Å². The van der Waals surface area contributed by atoms with Crippen LogP contribution in [0.4, 0.5) is 4.39 Å². The van der Waals surface area contributed by atoms with E-state index < -0.39 is 0 Å². The number of halogens is 1. The number of nitrogens with zero attached hydrogens (tertiary/aromatic N) is 1. The maximum atomic E-state index is 13.1. The highest BCUT2D eigenvalue weighted by atomic mass is 19.1. The molecule has 0 aliphatic heterocycles. The van der Waals surface area contributed by atoms with Gasteiger partial charge in [-0.05, 0) is 41.7 Å². The van der Waals surface area contributed by atoms with Gasteiger partial charge in [-0.15, -0.1) is 0 Å². The van der Waals surface area contributed by atoms with E-state index in [0.29, 0.717) is 25.4 Å². The fraction of sp³-hybridized carbons (Fsp3) is 0.318. The fourth-order valence-corrected chi connectivity index (χ4v) is 3.12. The Bertz CT molecular complexity index is 881. The molecule has 0 radical (unpaired) electrons. The minimum absolute atomic E-state index is 0.0512. The van der Waals surface area contributed by atoms with Crippen molar-refractivity contribution in [2.24, 2.45) is 5.92 Å². The minimum Gasteiger partial charge on any atom is -0.356 e. The van der Waals surface area contributed by atoms with Crippen LogP contribution in [0.5, 0.6) is 0 Å². The SMILES string of the molecule is CC(C)CCNC(=O)Cc1cn(Cc2ccc(F)cc2)c2ccccc12. The van der Waals surface area contributed by atoms with Crippen LogP contribution < -0.4 is 5.32 Å². The van der Waals surface area contributed by atoms with E-state index in [-0.39, 0.29) is 11.7 Å². The molecule has 4 heteroatoms. The van der Waals surface area contributed by atoms with Crippen LogP contribution in [0.3, 0.4) is 0 Å². The number of carbonyl (C=O) groups is 1. The molecule has 0 spiro atoms. The molecule has 2 aromatic carbocycles. The molecule has 1 aromatic heterocycles. The van der Waals surface area contributed by atoms with Crippen LogP contribution in [0.15, 0.2) is 54.7 Å². The van der Waals surface area contributed by atoms with E-state index in [4.69, 9.17) is 0 Å². The van der Waals surface area contributed by atoms with E-state index in [1.54, 1.807) is 12.1 Å². The molecule has 0 unspecified atom stereocenters. The molecular weight excluding hydrogens is 327 g/mol. The standard InChI is InChI=1S/C22H25FN2O/c1-16(2)11-12-24-22(26)13-18-15-25(21-6-4-3-5-20(18)21)14-17-7-9-19(23)10-8-17/h3-10,15-16H,11-14H2,1-2H3,(H,24,26). The number of hydrogen-bond donors (Lipinski definition) is 1. The monoisotopic (exact) mass is 352 g/mol. The Morgan fingerprint density at radius 3 is 2.58 bits per heavy atom. The number of para-hydroxylation sites is 1. The largest absolute Gasteiger partial charge is 0.356 e. The smallest absolute Gasteiger partial charge is 0.224 e. The Labute approximate surface area is 153 Å². The van der Waals surface area contributed by atoms with Gasteiger partial charge in [0.15, 0.2) is 0 Å². The third kappa shape index (κ3) is 4.51. The Hall–Kier alpha value is -2.62. The average molecular weight is 352 g/mol. The summed E-state index contributed by atoms with van der Waals surface area (Å²) in [6.07, 6.45) is 3.39. The van der Waals surface area contributed by atoms with Crippen LogP contribution in [-0.2, 0) is 17.8 Å². The number of fused-ring (bicyclic) bond motifs is 1. The molecule has 3 aromatic rings. The van der Waals surface area contributed by atoms with Gasteiger partial charge in [-0.25, -0.2) is 4.39 Å². The molecule has 0 fully saturated rings. The van der Waals surface area contributed by atoms with Crippen LogP contribution in [-0.4, -0.2) is 17.0 Å². The molecule has 0 bridgehead atoms. The molecule has 0 aliphatic carbocycles. The summed E-state index contributed by atoms with van der Waals surface area (Å²) >= 11 is 0. The highest BCUT2D eigenvalue weighted by Crippen LogP contribution is 2.23. The van der Waals surface area contributed by atoms with E-state index in [0.717, 1.165) is 28.5 Å². The molecule has 3 nitrogen and oxygen atoms in total. The predicted octanol–water partition coefficient (Wildman–Crippen LogP) is 4.53. The number of carbonyl (C=O) groups excluding carboxylic acids is 1. The van der Waals surface area contributed by atoms with Gasteiger partial charge < -0.3 is 9.88 Å². The van der Waals surface area contributed by atoms with E-state index in [2.05, 4.69) is 29.8 Å². The van der Waals surface area contributed by atoms with Gasteiger partial charge >= 0.3 is 0 Å². The first-order valence-electron chi connectivity index (χ1n) is 9.11. The summed E-state index contributed by atoms with van der Waals surface area (Å²) in [7, 11) is 0. The predicted molar refractivity (Wildman–Crippen MR) is 104 cm³/mol. The summed E-state index contributed by atoms with van der Waals surface area (Å²) in [6, 6.07) is 14.6. The quantitative estimate of drug-likeness (QED) is 0.666. The van der Waals surface area contributed by atoms with Crippen molar-refractivity contribution >= 4 is 16.8 Å². The van der Waals surface area contributed by atoms with Crippen molar-refractivity contribution in [2.45, 2.75) is 33.2 Å². The maximum absolute atomic E-state index is 13.1. The number of aromatic nitrogens is 1. The molecule has 3 rings (SSSR count). The van der Waals surface area contributed by atoms with Crippen LogP contribution in [0, 0.1) is 11.7 Å². The number of rotatable bonds is 7. The van der Waals surface area contributed by atoms with Crippen molar-refractivity contribution in [3.8, 4) is 0 Å². The van der Waals surface area contributed by atoms with Gasteiger partial charge in [0.2, 0.25) is 5.91 Å². The molecule has 1 heterocycles. The first kappa shape index (κ1) is 18.2. The zero-order valence-electron chi connectivity index (χ0n) is 15.3. The maximum Gasteiger partial charge on any atom is 0.224 e. The highest BCUT2D eigenvalue weighted by Gasteiger charge is 2.12. The summed E-state index contributed by atoms with van der Waals surface area (Å²) in [4.78, 5) is 12.3. The van der Waals surface area contributed by atoms with Crippen LogP contribution in [0.2, 0.25) is 0 Å². The summed E-state index contributed by atoms with van der Waals surface area (Å²) in [5.74, 6) is 0.396. The van der Waals surface area contributed by atoms with Crippen molar-refractivity contribution in [2.75, 3.05) is 6.54 Å². The van der Waals surface area contributed by atoms with Gasteiger partial charge in [0, 0.05) is 30.2 Å². The first-order chi connectivity index (χ1) is 12.5.